The molecule has 3 N–H and O–H groups in total. The number of halogens is 1. The summed E-state index contributed by atoms with van der Waals surface area (Å²) in [6.45, 7) is 11.0. The molecule has 0 heterocycles. The van der Waals surface area contributed by atoms with E-state index in [9.17, 15) is 14.7 Å². The first-order valence-electron chi connectivity index (χ1n) is 10.3. The zero-order chi connectivity index (χ0) is 22.8. The summed E-state index contributed by atoms with van der Waals surface area (Å²) in [6.07, 6.45) is 1.38. The maximum atomic E-state index is 11.7. The Hall–Kier alpha value is -1.63. The number of hydrogen-bond donors (Lipinski definition) is 3. The van der Waals surface area contributed by atoms with Crippen molar-refractivity contribution in [1.82, 2.24) is 5.32 Å². The van der Waals surface area contributed by atoms with Gasteiger partial charge in [0.1, 0.15) is 12.6 Å². The van der Waals surface area contributed by atoms with Crippen molar-refractivity contribution in [3.05, 3.63) is 35.4 Å². The van der Waals surface area contributed by atoms with E-state index in [1.165, 1.54) is 5.56 Å². The number of aromatic carboxylic acids is 1. The Morgan fingerprint density at radius 2 is 1.60 bits per heavy atom. The standard InChI is InChI=1S/C12H26N2O2.C11H14O2.ClH/c1-7-12(2,3)11(16)13-8-10(15)9-14(4,5)6;1-3-8(2)9-4-6-10(7-5-9)11(12)13;/h10,15H,7-9H2,1-6H3;4-8H,3H2,1-2H3,(H,12,13);1H. The van der Waals surface area contributed by atoms with E-state index in [1.54, 1.807) is 12.1 Å². The molecule has 1 aromatic carbocycles. The average Bonchev–Trinajstić information content (AvgIpc) is 2.64. The fourth-order valence-corrected chi connectivity index (χ4v) is 2.50. The van der Waals surface area contributed by atoms with Gasteiger partial charge in [0.2, 0.25) is 5.91 Å². The van der Waals surface area contributed by atoms with Crippen molar-refractivity contribution < 1.29 is 36.7 Å². The second-order valence-corrected chi connectivity index (χ2v) is 9.31. The van der Waals surface area contributed by atoms with Gasteiger partial charge in [-0.3, -0.25) is 4.79 Å². The molecule has 30 heavy (non-hydrogen) atoms. The van der Waals surface area contributed by atoms with Crippen LogP contribution in [0.2, 0.25) is 0 Å². The van der Waals surface area contributed by atoms with E-state index in [4.69, 9.17) is 5.11 Å². The third-order valence-electron chi connectivity index (χ3n) is 5.09. The van der Waals surface area contributed by atoms with Crippen LogP contribution in [-0.2, 0) is 4.79 Å². The summed E-state index contributed by atoms with van der Waals surface area (Å²) in [5.74, 6) is -0.353. The minimum Gasteiger partial charge on any atom is -1.00 e. The predicted molar refractivity (Wildman–Crippen MR) is 118 cm³/mol. The summed E-state index contributed by atoms with van der Waals surface area (Å²) in [5, 5.41) is 21.2. The molecule has 2 unspecified atom stereocenters. The van der Waals surface area contributed by atoms with Crippen molar-refractivity contribution in [2.24, 2.45) is 5.41 Å². The summed E-state index contributed by atoms with van der Waals surface area (Å²) in [4.78, 5) is 22.3. The SMILES string of the molecule is CCC(C)(C)C(=O)NCC(O)C[N+](C)(C)C.CCC(C)c1ccc(C(=O)O)cc1.[Cl-]. The number of benzene rings is 1. The van der Waals surface area contributed by atoms with E-state index in [2.05, 4.69) is 19.2 Å². The lowest BCUT2D eigenvalue weighted by Crippen LogP contribution is -3.00. The van der Waals surface area contributed by atoms with Gasteiger partial charge in [-0.25, -0.2) is 4.79 Å². The van der Waals surface area contributed by atoms with Gasteiger partial charge < -0.3 is 32.4 Å². The Bertz CT molecular complexity index is 640. The van der Waals surface area contributed by atoms with Crippen LogP contribution in [0.4, 0.5) is 0 Å². The number of nitrogens with zero attached hydrogens (tertiary/aromatic N) is 1. The lowest BCUT2D eigenvalue weighted by Gasteiger charge is -2.28. The van der Waals surface area contributed by atoms with Crippen molar-refractivity contribution in [1.29, 1.82) is 0 Å². The number of amides is 1. The van der Waals surface area contributed by atoms with E-state index >= 15 is 0 Å². The van der Waals surface area contributed by atoms with Gasteiger partial charge in [0.15, 0.2) is 0 Å². The van der Waals surface area contributed by atoms with Crippen LogP contribution < -0.4 is 17.7 Å². The second-order valence-electron chi connectivity index (χ2n) is 9.31. The van der Waals surface area contributed by atoms with Crippen molar-refractivity contribution in [3.8, 4) is 0 Å². The molecule has 0 aliphatic carbocycles. The van der Waals surface area contributed by atoms with Crippen molar-refractivity contribution in [2.75, 3.05) is 34.2 Å². The van der Waals surface area contributed by atoms with Gasteiger partial charge in [-0.15, -0.1) is 0 Å². The normalized spacial score (nSPS) is 13.2. The molecule has 0 radical (unpaired) electrons. The van der Waals surface area contributed by atoms with Gasteiger partial charge >= 0.3 is 5.97 Å². The molecule has 0 saturated heterocycles. The molecule has 0 spiro atoms. The highest BCUT2D eigenvalue weighted by Crippen LogP contribution is 2.19. The molecule has 0 bridgehead atoms. The zero-order valence-corrected chi connectivity index (χ0v) is 20.6. The van der Waals surface area contributed by atoms with E-state index in [1.807, 2.05) is 54.0 Å². The molecule has 7 heteroatoms. The number of hydrogen-bond acceptors (Lipinski definition) is 3. The third-order valence-corrected chi connectivity index (χ3v) is 5.09. The number of quaternary nitrogens is 1. The van der Waals surface area contributed by atoms with Gasteiger partial charge in [0, 0.05) is 12.0 Å². The minimum absolute atomic E-state index is 0. The number of likely N-dealkylation sites (N-methyl/N-ethyl adjacent to an activating group) is 1. The molecular formula is C23H41ClN2O4. The number of aliphatic hydroxyl groups excluding tert-OH is 1. The van der Waals surface area contributed by atoms with Crippen LogP contribution in [0.5, 0.6) is 0 Å². The monoisotopic (exact) mass is 444 g/mol. The highest BCUT2D eigenvalue weighted by molar-refractivity contribution is 5.87. The lowest BCUT2D eigenvalue weighted by atomic mass is 9.89. The Morgan fingerprint density at radius 1 is 1.10 bits per heavy atom. The van der Waals surface area contributed by atoms with Crippen molar-refractivity contribution in [2.45, 2.75) is 59.5 Å². The third kappa shape index (κ3) is 12.2. The van der Waals surface area contributed by atoms with Crippen LogP contribution in [0.15, 0.2) is 24.3 Å². The van der Waals surface area contributed by atoms with Gasteiger partial charge in [-0.2, -0.15) is 0 Å². The smallest absolute Gasteiger partial charge is 0.335 e. The molecule has 0 saturated carbocycles. The predicted octanol–water partition coefficient (Wildman–Crippen LogP) is 0.508. The highest BCUT2D eigenvalue weighted by atomic mass is 35.5. The van der Waals surface area contributed by atoms with Crippen molar-refractivity contribution >= 4 is 11.9 Å². The van der Waals surface area contributed by atoms with Gasteiger partial charge in [0.05, 0.1) is 26.7 Å². The maximum absolute atomic E-state index is 11.7. The Labute approximate surface area is 188 Å². The molecule has 174 valence electrons. The Morgan fingerprint density at radius 3 is 1.97 bits per heavy atom. The van der Waals surface area contributed by atoms with Crippen LogP contribution >= 0.6 is 0 Å². The second kappa shape index (κ2) is 13.6. The Balaban J connectivity index is 0. The first-order valence-corrected chi connectivity index (χ1v) is 10.3. The summed E-state index contributed by atoms with van der Waals surface area (Å²) in [5.41, 5.74) is 1.20. The number of carbonyl (C=O) groups excluding carboxylic acids is 1. The lowest BCUT2D eigenvalue weighted by molar-refractivity contribution is -0.873. The largest absolute Gasteiger partial charge is 1.00 e. The number of aliphatic hydroxyl groups is 1. The molecule has 0 fully saturated rings. The van der Waals surface area contributed by atoms with E-state index in [0.29, 0.717) is 29.1 Å². The number of carboxylic acid groups (broad SMARTS) is 1. The first kappa shape index (κ1) is 30.6. The summed E-state index contributed by atoms with van der Waals surface area (Å²) < 4.78 is 0.689. The molecule has 2 atom stereocenters. The van der Waals surface area contributed by atoms with E-state index in [-0.39, 0.29) is 23.7 Å². The quantitative estimate of drug-likeness (QED) is 0.484. The maximum Gasteiger partial charge on any atom is 0.335 e. The molecule has 0 aliphatic rings. The summed E-state index contributed by atoms with van der Waals surface area (Å²) in [7, 11) is 6.04. The average molecular weight is 445 g/mol. The van der Waals surface area contributed by atoms with E-state index < -0.39 is 12.1 Å². The minimum atomic E-state index is -0.865. The number of nitrogens with one attached hydrogen (secondary N) is 1. The molecule has 1 rings (SSSR count). The van der Waals surface area contributed by atoms with Gasteiger partial charge in [0.25, 0.3) is 0 Å². The molecule has 0 aliphatic heterocycles. The molecular weight excluding hydrogens is 404 g/mol. The molecule has 1 aromatic rings. The Kier molecular flexibility index (Phi) is 13.9. The zero-order valence-electron chi connectivity index (χ0n) is 19.8. The summed E-state index contributed by atoms with van der Waals surface area (Å²) in [6, 6.07) is 7.09. The van der Waals surface area contributed by atoms with Crippen LogP contribution in [0, 0.1) is 5.41 Å². The van der Waals surface area contributed by atoms with Crippen molar-refractivity contribution in [3.63, 3.8) is 0 Å². The van der Waals surface area contributed by atoms with Crippen LogP contribution in [0.3, 0.4) is 0 Å². The van der Waals surface area contributed by atoms with Gasteiger partial charge in [-0.05, 0) is 36.5 Å². The highest BCUT2D eigenvalue weighted by Gasteiger charge is 2.26. The summed E-state index contributed by atoms with van der Waals surface area (Å²) >= 11 is 0. The number of rotatable bonds is 9. The number of carboxylic acids is 1. The number of carbonyl (C=O) groups is 2. The molecule has 1 amide bonds. The van der Waals surface area contributed by atoms with Gasteiger partial charge in [-0.1, -0.05) is 46.8 Å². The topological polar surface area (TPSA) is 86.6 Å². The molecule has 0 aromatic heterocycles. The molecule has 6 nitrogen and oxygen atoms in total. The first-order chi connectivity index (χ1) is 13.2. The van der Waals surface area contributed by atoms with Crippen LogP contribution in [-0.4, -0.2) is 66.9 Å². The fourth-order valence-electron chi connectivity index (χ4n) is 2.50. The van der Waals surface area contributed by atoms with E-state index in [0.717, 1.165) is 12.8 Å². The van der Waals surface area contributed by atoms with Crippen LogP contribution in [0.25, 0.3) is 0 Å². The fraction of sp³-hybridized carbons (Fsp3) is 0.652. The van der Waals surface area contributed by atoms with Crippen LogP contribution in [0.1, 0.15) is 69.3 Å².